The fourth-order valence-electron chi connectivity index (χ4n) is 2.23. The molecule has 1 fully saturated rings. The van der Waals surface area contributed by atoms with Crippen LogP contribution >= 0.6 is 0 Å². The Morgan fingerprint density at radius 2 is 2.11 bits per heavy atom. The fourth-order valence-corrected chi connectivity index (χ4v) is 2.23. The molecule has 1 aromatic carbocycles. The van der Waals surface area contributed by atoms with Crippen molar-refractivity contribution in [1.29, 1.82) is 0 Å². The van der Waals surface area contributed by atoms with Gasteiger partial charge < -0.3 is 14.6 Å². The first-order chi connectivity index (χ1) is 8.86. The summed E-state index contributed by atoms with van der Waals surface area (Å²) in [6.07, 6.45) is 3.90. The minimum atomic E-state index is 0.616. The van der Waals surface area contributed by atoms with Gasteiger partial charge in [0, 0.05) is 37.4 Å². The molecule has 0 aliphatic carbocycles. The fraction of sp³-hybridized carbons (Fsp3) is 0.357. The lowest BCUT2D eigenvalue weighted by atomic mass is 10.00. The molecule has 1 aromatic heterocycles. The van der Waals surface area contributed by atoms with E-state index in [-0.39, 0.29) is 0 Å². The molecule has 4 heteroatoms. The second kappa shape index (κ2) is 4.82. The number of imidazole rings is 1. The Morgan fingerprint density at radius 3 is 2.72 bits per heavy atom. The maximum Gasteiger partial charge on any atom is 0.118 e. The van der Waals surface area contributed by atoms with Crippen molar-refractivity contribution in [2.45, 2.75) is 12.5 Å². The summed E-state index contributed by atoms with van der Waals surface area (Å²) in [7, 11) is 1.69. The van der Waals surface area contributed by atoms with Gasteiger partial charge in [-0.1, -0.05) is 12.1 Å². The maximum atomic E-state index is 5.17. The van der Waals surface area contributed by atoms with Gasteiger partial charge in [-0.05, 0) is 17.7 Å². The summed E-state index contributed by atoms with van der Waals surface area (Å²) < 4.78 is 7.39. The Kier molecular flexibility index (Phi) is 3.02. The molecule has 0 radical (unpaired) electrons. The van der Waals surface area contributed by atoms with Crippen molar-refractivity contribution < 1.29 is 4.74 Å². The van der Waals surface area contributed by atoms with Gasteiger partial charge in [0.15, 0.2) is 0 Å². The average Bonchev–Trinajstić information content (AvgIpc) is 2.76. The van der Waals surface area contributed by atoms with Gasteiger partial charge in [-0.2, -0.15) is 0 Å². The van der Waals surface area contributed by atoms with Crippen LogP contribution in [0.2, 0.25) is 0 Å². The quantitative estimate of drug-likeness (QED) is 0.887. The summed E-state index contributed by atoms with van der Waals surface area (Å²) >= 11 is 0. The van der Waals surface area contributed by atoms with Crippen LogP contribution in [0.5, 0.6) is 5.75 Å². The van der Waals surface area contributed by atoms with Gasteiger partial charge in [-0.25, -0.2) is 4.98 Å². The topological polar surface area (TPSA) is 39.1 Å². The van der Waals surface area contributed by atoms with Crippen molar-refractivity contribution in [2.24, 2.45) is 0 Å². The van der Waals surface area contributed by atoms with Crippen LogP contribution in [-0.2, 0) is 6.54 Å². The zero-order valence-corrected chi connectivity index (χ0v) is 10.5. The second-order valence-corrected chi connectivity index (χ2v) is 4.65. The molecule has 1 aliphatic heterocycles. The average molecular weight is 243 g/mol. The van der Waals surface area contributed by atoms with E-state index in [0.717, 1.165) is 25.4 Å². The third kappa shape index (κ3) is 2.11. The molecule has 0 saturated carbocycles. The highest BCUT2D eigenvalue weighted by Crippen LogP contribution is 2.20. The normalized spacial score (nSPS) is 15.4. The summed E-state index contributed by atoms with van der Waals surface area (Å²) in [5.41, 5.74) is 2.59. The van der Waals surface area contributed by atoms with Gasteiger partial charge in [-0.3, -0.25) is 0 Å². The van der Waals surface area contributed by atoms with Gasteiger partial charge in [0.2, 0.25) is 0 Å². The van der Waals surface area contributed by atoms with Crippen LogP contribution in [0.1, 0.15) is 17.2 Å². The summed E-state index contributed by atoms with van der Waals surface area (Å²) in [5.74, 6) is 1.51. The van der Waals surface area contributed by atoms with Crippen LogP contribution < -0.4 is 10.1 Å². The first-order valence-corrected chi connectivity index (χ1v) is 6.20. The van der Waals surface area contributed by atoms with E-state index in [0.29, 0.717) is 5.92 Å². The van der Waals surface area contributed by atoms with Gasteiger partial charge in [-0.15, -0.1) is 0 Å². The Bertz CT molecular complexity index is 514. The van der Waals surface area contributed by atoms with Crippen molar-refractivity contribution >= 4 is 0 Å². The highest BCUT2D eigenvalue weighted by molar-refractivity contribution is 5.27. The van der Waals surface area contributed by atoms with Crippen LogP contribution in [0.25, 0.3) is 0 Å². The number of rotatable bonds is 4. The number of aromatic nitrogens is 2. The zero-order chi connectivity index (χ0) is 12.4. The molecular weight excluding hydrogens is 226 g/mol. The summed E-state index contributed by atoms with van der Waals surface area (Å²) in [4.78, 5) is 4.27. The third-order valence-corrected chi connectivity index (χ3v) is 3.46. The van der Waals surface area contributed by atoms with Gasteiger partial charge in [0.05, 0.1) is 13.4 Å². The van der Waals surface area contributed by atoms with Gasteiger partial charge >= 0.3 is 0 Å². The first kappa shape index (κ1) is 11.3. The standard InChI is InChI=1S/C14H17N3O/c1-18-13-4-2-11(3-5-13)9-17-10-16-8-14(17)12-6-15-7-12/h2-5,8,10,12,15H,6-7,9H2,1H3. The van der Waals surface area contributed by atoms with Crippen LogP contribution in [-0.4, -0.2) is 29.8 Å². The molecule has 2 aromatic rings. The summed E-state index contributed by atoms with van der Waals surface area (Å²) in [6.45, 7) is 3.00. The molecule has 1 aliphatic rings. The van der Waals surface area contributed by atoms with Crippen molar-refractivity contribution in [2.75, 3.05) is 20.2 Å². The number of methoxy groups -OCH3 is 1. The van der Waals surface area contributed by atoms with Crippen LogP contribution in [0.4, 0.5) is 0 Å². The number of hydrogen-bond donors (Lipinski definition) is 1. The zero-order valence-electron chi connectivity index (χ0n) is 10.5. The largest absolute Gasteiger partial charge is 0.497 e. The maximum absolute atomic E-state index is 5.17. The Labute approximate surface area is 107 Å². The smallest absolute Gasteiger partial charge is 0.118 e. The van der Waals surface area contributed by atoms with E-state index in [9.17, 15) is 0 Å². The number of benzene rings is 1. The molecule has 4 nitrogen and oxygen atoms in total. The molecule has 94 valence electrons. The molecule has 1 saturated heterocycles. The lowest BCUT2D eigenvalue weighted by Crippen LogP contribution is -2.40. The van der Waals surface area contributed by atoms with Gasteiger partial charge in [0.25, 0.3) is 0 Å². The van der Waals surface area contributed by atoms with E-state index in [4.69, 9.17) is 4.74 Å². The van der Waals surface area contributed by atoms with Gasteiger partial charge in [0.1, 0.15) is 5.75 Å². The van der Waals surface area contributed by atoms with Crippen LogP contribution in [0.15, 0.2) is 36.8 Å². The third-order valence-electron chi connectivity index (χ3n) is 3.46. The minimum absolute atomic E-state index is 0.616. The van der Waals surface area contributed by atoms with E-state index in [1.165, 1.54) is 11.3 Å². The first-order valence-electron chi connectivity index (χ1n) is 6.20. The monoisotopic (exact) mass is 243 g/mol. The summed E-state index contributed by atoms with van der Waals surface area (Å²) in [6, 6.07) is 8.19. The molecule has 3 rings (SSSR count). The molecule has 0 spiro atoms. The molecular formula is C14H17N3O. The van der Waals surface area contributed by atoms with Crippen molar-refractivity contribution in [1.82, 2.24) is 14.9 Å². The van der Waals surface area contributed by atoms with E-state index in [1.807, 2.05) is 24.7 Å². The van der Waals surface area contributed by atoms with E-state index in [1.54, 1.807) is 7.11 Å². The lowest BCUT2D eigenvalue weighted by molar-refractivity contribution is 0.414. The van der Waals surface area contributed by atoms with E-state index in [2.05, 4.69) is 27.0 Å². The number of nitrogens with one attached hydrogen (secondary N) is 1. The number of ether oxygens (including phenoxy) is 1. The Hall–Kier alpha value is -1.81. The number of hydrogen-bond acceptors (Lipinski definition) is 3. The van der Waals surface area contributed by atoms with Crippen LogP contribution in [0, 0.1) is 0 Å². The van der Waals surface area contributed by atoms with Crippen molar-refractivity contribution in [3.8, 4) is 5.75 Å². The molecule has 0 unspecified atom stereocenters. The predicted molar refractivity (Wildman–Crippen MR) is 69.9 cm³/mol. The molecule has 0 bridgehead atoms. The Morgan fingerprint density at radius 1 is 1.33 bits per heavy atom. The predicted octanol–water partition coefficient (Wildman–Crippen LogP) is 1.63. The molecule has 0 amide bonds. The highest BCUT2D eigenvalue weighted by atomic mass is 16.5. The van der Waals surface area contributed by atoms with Crippen molar-refractivity contribution in [3.63, 3.8) is 0 Å². The lowest BCUT2D eigenvalue weighted by Gasteiger charge is -2.27. The number of nitrogens with zero attached hydrogens (tertiary/aromatic N) is 2. The summed E-state index contributed by atoms with van der Waals surface area (Å²) in [5, 5.41) is 3.30. The SMILES string of the molecule is COc1ccc(Cn2cncc2C2CNC2)cc1. The Balaban J connectivity index is 1.76. The van der Waals surface area contributed by atoms with Crippen molar-refractivity contribution in [3.05, 3.63) is 48.0 Å². The molecule has 1 N–H and O–H groups in total. The van der Waals surface area contributed by atoms with Crippen LogP contribution in [0.3, 0.4) is 0 Å². The minimum Gasteiger partial charge on any atom is -0.497 e. The molecule has 18 heavy (non-hydrogen) atoms. The molecule has 0 atom stereocenters. The highest BCUT2D eigenvalue weighted by Gasteiger charge is 2.22. The van der Waals surface area contributed by atoms with E-state index < -0.39 is 0 Å². The second-order valence-electron chi connectivity index (χ2n) is 4.65. The molecule has 2 heterocycles. The van der Waals surface area contributed by atoms with E-state index >= 15 is 0 Å².